The molecule has 106 valence electrons. The van der Waals surface area contributed by atoms with E-state index < -0.39 is 0 Å². The molecular weight excluding hydrogens is 240 g/mol. The summed E-state index contributed by atoms with van der Waals surface area (Å²) in [6.07, 6.45) is 2.57. The minimum Gasteiger partial charge on any atom is -0.497 e. The molecule has 1 aliphatic heterocycles. The van der Waals surface area contributed by atoms with Crippen molar-refractivity contribution in [2.45, 2.75) is 25.4 Å². The number of hydrogen-bond acceptors (Lipinski definition) is 4. The summed E-state index contributed by atoms with van der Waals surface area (Å²) in [7, 11) is 5.56. The van der Waals surface area contributed by atoms with Crippen molar-refractivity contribution in [3.05, 3.63) is 23.8 Å². The Morgan fingerprint density at radius 1 is 1.32 bits per heavy atom. The second-order valence-corrected chi connectivity index (χ2v) is 5.17. The summed E-state index contributed by atoms with van der Waals surface area (Å²) >= 11 is 0. The first-order valence-corrected chi connectivity index (χ1v) is 6.85. The van der Waals surface area contributed by atoms with Gasteiger partial charge in [-0.2, -0.15) is 0 Å². The first-order chi connectivity index (χ1) is 9.22. The summed E-state index contributed by atoms with van der Waals surface area (Å²) in [6, 6.07) is 6.58. The minimum atomic E-state index is 0.626. The van der Waals surface area contributed by atoms with Crippen molar-refractivity contribution in [2.75, 3.05) is 34.4 Å². The molecule has 0 amide bonds. The highest BCUT2D eigenvalue weighted by Crippen LogP contribution is 2.25. The van der Waals surface area contributed by atoms with Crippen LogP contribution in [0.4, 0.5) is 0 Å². The zero-order chi connectivity index (χ0) is 13.7. The van der Waals surface area contributed by atoms with Crippen LogP contribution in [-0.2, 0) is 6.54 Å². The fourth-order valence-corrected chi connectivity index (χ4v) is 2.65. The van der Waals surface area contributed by atoms with Gasteiger partial charge >= 0.3 is 0 Å². The topological polar surface area (TPSA) is 33.7 Å². The van der Waals surface area contributed by atoms with E-state index in [9.17, 15) is 0 Å². The predicted molar refractivity (Wildman–Crippen MR) is 76.9 cm³/mol. The fraction of sp³-hybridized carbons (Fsp3) is 0.600. The number of likely N-dealkylation sites (N-methyl/N-ethyl adjacent to an activating group) is 1. The van der Waals surface area contributed by atoms with Crippen molar-refractivity contribution < 1.29 is 9.47 Å². The highest BCUT2D eigenvalue weighted by Gasteiger charge is 2.16. The van der Waals surface area contributed by atoms with Crippen molar-refractivity contribution in [2.24, 2.45) is 0 Å². The number of nitrogens with zero attached hydrogens (tertiary/aromatic N) is 1. The van der Waals surface area contributed by atoms with Gasteiger partial charge in [-0.1, -0.05) is 0 Å². The maximum Gasteiger partial charge on any atom is 0.123 e. The van der Waals surface area contributed by atoms with Crippen LogP contribution in [0.25, 0.3) is 0 Å². The normalized spacial score (nSPS) is 18.8. The second kappa shape index (κ2) is 6.78. The number of methoxy groups -OCH3 is 2. The van der Waals surface area contributed by atoms with E-state index in [-0.39, 0.29) is 0 Å². The lowest BCUT2D eigenvalue weighted by Gasteiger charge is -2.22. The van der Waals surface area contributed by atoms with Gasteiger partial charge in [-0.15, -0.1) is 0 Å². The third kappa shape index (κ3) is 3.85. The van der Waals surface area contributed by atoms with Gasteiger partial charge in [-0.3, -0.25) is 0 Å². The molecule has 1 atom stereocenters. The highest BCUT2D eigenvalue weighted by atomic mass is 16.5. The summed E-state index contributed by atoms with van der Waals surface area (Å²) < 4.78 is 10.7. The quantitative estimate of drug-likeness (QED) is 0.850. The second-order valence-electron chi connectivity index (χ2n) is 5.17. The molecule has 0 radical (unpaired) electrons. The molecule has 1 unspecified atom stereocenters. The van der Waals surface area contributed by atoms with E-state index in [0.717, 1.165) is 31.1 Å². The third-order valence-corrected chi connectivity index (χ3v) is 3.62. The van der Waals surface area contributed by atoms with Crippen LogP contribution in [0.3, 0.4) is 0 Å². The number of ether oxygens (including phenoxy) is 2. The lowest BCUT2D eigenvalue weighted by Crippen LogP contribution is -2.35. The Balaban J connectivity index is 1.99. The molecule has 0 spiro atoms. The summed E-state index contributed by atoms with van der Waals surface area (Å²) in [5, 5.41) is 3.53. The lowest BCUT2D eigenvalue weighted by atomic mass is 10.1. The molecule has 1 aliphatic rings. The summed E-state index contributed by atoms with van der Waals surface area (Å²) in [4.78, 5) is 2.33. The van der Waals surface area contributed by atoms with Crippen molar-refractivity contribution in [1.82, 2.24) is 10.2 Å². The van der Waals surface area contributed by atoms with E-state index in [1.165, 1.54) is 18.4 Å². The summed E-state index contributed by atoms with van der Waals surface area (Å²) in [5.74, 6) is 1.80. The van der Waals surface area contributed by atoms with Crippen LogP contribution in [0.5, 0.6) is 11.5 Å². The predicted octanol–water partition coefficient (Wildman–Crippen LogP) is 1.89. The van der Waals surface area contributed by atoms with Crippen LogP contribution in [0.1, 0.15) is 18.4 Å². The van der Waals surface area contributed by atoms with Crippen molar-refractivity contribution in [1.29, 1.82) is 0 Å². The molecule has 1 saturated heterocycles. The Kier molecular flexibility index (Phi) is 5.05. The van der Waals surface area contributed by atoms with Crippen LogP contribution in [-0.4, -0.2) is 45.3 Å². The van der Waals surface area contributed by atoms with E-state index in [1.54, 1.807) is 14.2 Å². The van der Waals surface area contributed by atoms with E-state index in [4.69, 9.17) is 9.47 Å². The van der Waals surface area contributed by atoms with Crippen LogP contribution >= 0.6 is 0 Å². The minimum absolute atomic E-state index is 0.626. The molecule has 0 aliphatic carbocycles. The van der Waals surface area contributed by atoms with E-state index in [1.807, 2.05) is 12.1 Å². The molecule has 0 bridgehead atoms. The molecular formula is C15H24N2O2. The number of nitrogens with one attached hydrogen (secondary N) is 1. The number of benzene rings is 1. The standard InChI is InChI=1S/C15H24N2O2/c1-17(11-13-5-4-8-16-13)10-12-9-14(18-2)6-7-15(12)19-3/h6-7,9,13,16H,4-5,8,10-11H2,1-3H3. The van der Waals surface area contributed by atoms with Gasteiger partial charge in [-0.05, 0) is 44.6 Å². The van der Waals surface area contributed by atoms with E-state index in [2.05, 4.69) is 23.3 Å². The molecule has 19 heavy (non-hydrogen) atoms. The average molecular weight is 264 g/mol. The SMILES string of the molecule is COc1ccc(OC)c(CN(C)CC2CCCN2)c1. The van der Waals surface area contributed by atoms with Gasteiger partial charge in [0.25, 0.3) is 0 Å². The Morgan fingerprint density at radius 3 is 2.79 bits per heavy atom. The molecule has 2 rings (SSSR count). The molecule has 1 aromatic carbocycles. The van der Waals surface area contributed by atoms with Gasteiger partial charge in [0, 0.05) is 24.7 Å². The van der Waals surface area contributed by atoms with Gasteiger partial charge in [0.05, 0.1) is 14.2 Å². The van der Waals surface area contributed by atoms with E-state index in [0.29, 0.717) is 6.04 Å². The first-order valence-electron chi connectivity index (χ1n) is 6.85. The molecule has 0 saturated carbocycles. The fourth-order valence-electron chi connectivity index (χ4n) is 2.65. The van der Waals surface area contributed by atoms with Gasteiger partial charge in [-0.25, -0.2) is 0 Å². The Hall–Kier alpha value is -1.26. The highest BCUT2D eigenvalue weighted by molar-refractivity contribution is 5.40. The zero-order valence-electron chi connectivity index (χ0n) is 12.1. The number of hydrogen-bond donors (Lipinski definition) is 1. The van der Waals surface area contributed by atoms with Crippen molar-refractivity contribution >= 4 is 0 Å². The summed E-state index contributed by atoms with van der Waals surface area (Å²) in [5.41, 5.74) is 1.17. The average Bonchev–Trinajstić information content (AvgIpc) is 2.91. The largest absolute Gasteiger partial charge is 0.497 e. The molecule has 1 aromatic rings. The van der Waals surface area contributed by atoms with Gasteiger partial charge in [0.2, 0.25) is 0 Å². The third-order valence-electron chi connectivity index (χ3n) is 3.62. The lowest BCUT2D eigenvalue weighted by molar-refractivity contribution is 0.287. The van der Waals surface area contributed by atoms with Crippen LogP contribution in [0, 0.1) is 0 Å². The van der Waals surface area contributed by atoms with E-state index >= 15 is 0 Å². The monoisotopic (exact) mass is 264 g/mol. The van der Waals surface area contributed by atoms with Crippen LogP contribution in [0.2, 0.25) is 0 Å². The van der Waals surface area contributed by atoms with Gasteiger partial charge in [0.15, 0.2) is 0 Å². The molecule has 4 heteroatoms. The molecule has 4 nitrogen and oxygen atoms in total. The van der Waals surface area contributed by atoms with Gasteiger partial charge in [0.1, 0.15) is 11.5 Å². The van der Waals surface area contributed by atoms with Crippen molar-refractivity contribution in [3.63, 3.8) is 0 Å². The maximum absolute atomic E-state index is 5.42. The molecule has 1 heterocycles. The summed E-state index contributed by atoms with van der Waals surface area (Å²) in [6.45, 7) is 3.10. The van der Waals surface area contributed by atoms with Crippen LogP contribution in [0.15, 0.2) is 18.2 Å². The Bertz CT molecular complexity index is 403. The first kappa shape index (κ1) is 14.2. The Morgan fingerprint density at radius 2 is 2.16 bits per heavy atom. The molecule has 0 aromatic heterocycles. The molecule has 1 N–H and O–H groups in total. The Labute approximate surface area is 115 Å². The molecule has 1 fully saturated rings. The number of rotatable bonds is 6. The van der Waals surface area contributed by atoms with Crippen molar-refractivity contribution in [3.8, 4) is 11.5 Å². The smallest absolute Gasteiger partial charge is 0.123 e. The maximum atomic E-state index is 5.42. The van der Waals surface area contributed by atoms with Crippen LogP contribution < -0.4 is 14.8 Å². The zero-order valence-corrected chi connectivity index (χ0v) is 12.1. The van der Waals surface area contributed by atoms with Gasteiger partial charge < -0.3 is 19.7 Å².